The van der Waals surface area contributed by atoms with Crippen molar-refractivity contribution in [2.75, 3.05) is 39.6 Å². The van der Waals surface area contributed by atoms with E-state index >= 15 is 0 Å². The second kappa shape index (κ2) is 67.3. The minimum atomic E-state index is -4.95. The number of aliphatic hydroxyl groups is 1. The predicted octanol–water partition coefficient (Wildman–Crippen LogP) is 21.7. The summed E-state index contributed by atoms with van der Waals surface area (Å²) in [5.41, 5.74) is 0. The van der Waals surface area contributed by atoms with E-state index in [9.17, 15) is 43.2 Å². The van der Waals surface area contributed by atoms with Crippen molar-refractivity contribution in [2.24, 2.45) is 5.92 Å². The molecule has 0 aromatic carbocycles. The lowest BCUT2D eigenvalue weighted by Crippen LogP contribution is -2.30. The van der Waals surface area contributed by atoms with Gasteiger partial charge in [-0.1, -0.05) is 336 Å². The number of carbonyl (C=O) groups is 4. The van der Waals surface area contributed by atoms with Gasteiger partial charge in [0.05, 0.1) is 26.4 Å². The molecule has 93 heavy (non-hydrogen) atoms. The molecule has 19 heteroatoms. The molecule has 0 rings (SSSR count). The Balaban J connectivity index is 5.12. The minimum absolute atomic E-state index is 0.103. The van der Waals surface area contributed by atoms with Gasteiger partial charge >= 0.3 is 39.5 Å². The summed E-state index contributed by atoms with van der Waals surface area (Å²) in [7, 11) is -9.89. The van der Waals surface area contributed by atoms with Crippen molar-refractivity contribution < 1.29 is 80.2 Å². The van der Waals surface area contributed by atoms with Crippen LogP contribution >= 0.6 is 15.6 Å². The molecular weight excluding hydrogens is 1220 g/mol. The van der Waals surface area contributed by atoms with E-state index in [2.05, 4.69) is 34.6 Å². The third kappa shape index (κ3) is 68.4. The number of hydrogen-bond donors (Lipinski definition) is 3. The van der Waals surface area contributed by atoms with Crippen molar-refractivity contribution in [1.29, 1.82) is 0 Å². The Morgan fingerprint density at radius 1 is 0.290 bits per heavy atom. The van der Waals surface area contributed by atoms with E-state index in [1.54, 1.807) is 0 Å². The van der Waals surface area contributed by atoms with Gasteiger partial charge in [0, 0.05) is 25.7 Å². The topological polar surface area (TPSA) is 237 Å². The number of unbranched alkanes of at least 4 members (excludes halogenated alkanes) is 46. The third-order valence-corrected chi connectivity index (χ3v) is 19.2. The van der Waals surface area contributed by atoms with Crippen LogP contribution in [0.15, 0.2) is 0 Å². The van der Waals surface area contributed by atoms with Gasteiger partial charge in [-0.05, 0) is 31.6 Å². The van der Waals surface area contributed by atoms with Crippen LogP contribution in [0.3, 0.4) is 0 Å². The Bertz CT molecular complexity index is 1790. The molecule has 17 nitrogen and oxygen atoms in total. The molecule has 0 aliphatic heterocycles. The summed E-state index contributed by atoms with van der Waals surface area (Å²) in [6.07, 6.45) is 56.2. The first kappa shape index (κ1) is 91.1. The average Bonchev–Trinajstić information content (AvgIpc) is 3.74. The largest absolute Gasteiger partial charge is 0.472 e. The van der Waals surface area contributed by atoms with Crippen LogP contribution in [-0.2, 0) is 65.4 Å². The highest BCUT2D eigenvalue weighted by Crippen LogP contribution is 2.45. The number of aliphatic hydroxyl groups excluding tert-OH is 1. The van der Waals surface area contributed by atoms with Crippen LogP contribution in [0.4, 0.5) is 0 Å². The SMILES string of the molecule is CCCCCCCCCCCCCCCCCCCCCC(=O)OC[C@H](COP(=O)(O)OC[C@@H](O)COP(=O)(O)OC[C@@H](COC(=O)CCCCCCC)OC(=O)CCCCCCCCCC(C)C)OC(=O)CCCCCCCCCCCCCCCCCCCCC. The van der Waals surface area contributed by atoms with E-state index in [-0.39, 0.29) is 25.7 Å². The van der Waals surface area contributed by atoms with Crippen molar-refractivity contribution in [1.82, 2.24) is 0 Å². The van der Waals surface area contributed by atoms with Crippen LogP contribution in [0.25, 0.3) is 0 Å². The Morgan fingerprint density at radius 2 is 0.495 bits per heavy atom. The summed E-state index contributed by atoms with van der Waals surface area (Å²) in [5.74, 6) is -1.44. The zero-order chi connectivity index (χ0) is 68.4. The number of esters is 4. The quantitative estimate of drug-likeness (QED) is 0.0222. The number of phosphoric ester groups is 2. The molecular formula is C74H144O17P2. The van der Waals surface area contributed by atoms with Crippen LogP contribution in [-0.4, -0.2) is 96.7 Å². The third-order valence-electron chi connectivity index (χ3n) is 17.3. The van der Waals surface area contributed by atoms with E-state index in [4.69, 9.17) is 37.0 Å². The van der Waals surface area contributed by atoms with E-state index in [1.807, 2.05) is 0 Å². The molecule has 0 saturated heterocycles. The van der Waals surface area contributed by atoms with Crippen LogP contribution in [0.1, 0.15) is 388 Å². The van der Waals surface area contributed by atoms with Gasteiger partial charge in [0.15, 0.2) is 12.2 Å². The molecule has 0 aromatic rings. The Morgan fingerprint density at radius 3 is 0.731 bits per heavy atom. The number of rotatable bonds is 74. The summed E-state index contributed by atoms with van der Waals surface area (Å²) in [6.45, 7) is 7.12. The second-order valence-corrected chi connectivity index (χ2v) is 30.1. The van der Waals surface area contributed by atoms with Gasteiger partial charge in [-0.15, -0.1) is 0 Å². The molecule has 552 valence electrons. The smallest absolute Gasteiger partial charge is 0.462 e. The first-order valence-corrected chi connectivity index (χ1v) is 41.6. The van der Waals surface area contributed by atoms with Crippen LogP contribution < -0.4 is 0 Å². The van der Waals surface area contributed by atoms with E-state index in [1.165, 1.54) is 205 Å². The molecule has 0 amide bonds. The van der Waals surface area contributed by atoms with Gasteiger partial charge in [-0.2, -0.15) is 0 Å². The monoisotopic (exact) mass is 1370 g/mol. The maximum Gasteiger partial charge on any atom is 0.472 e. The lowest BCUT2D eigenvalue weighted by molar-refractivity contribution is -0.161. The highest BCUT2D eigenvalue weighted by atomic mass is 31.2. The minimum Gasteiger partial charge on any atom is -0.462 e. The molecule has 2 unspecified atom stereocenters. The predicted molar refractivity (Wildman–Crippen MR) is 377 cm³/mol. The van der Waals surface area contributed by atoms with Gasteiger partial charge in [0.2, 0.25) is 0 Å². The molecule has 0 saturated carbocycles. The lowest BCUT2D eigenvalue weighted by Gasteiger charge is -2.21. The summed E-state index contributed by atoms with van der Waals surface area (Å²) in [6, 6.07) is 0. The number of phosphoric acid groups is 2. The van der Waals surface area contributed by atoms with Crippen molar-refractivity contribution in [3.05, 3.63) is 0 Å². The molecule has 3 N–H and O–H groups in total. The molecule has 0 radical (unpaired) electrons. The highest BCUT2D eigenvalue weighted by molar-refractivity contribution is 7.47. The van der Waals surface area contributed by atoms with Crippen LogP contribution in [0, 0.1) is 5.92 Å². The zero-order valence-electron chi connectivity index (χ0n) is 60.4. The molecule has 0 aromatic heterocycles. The fourth-order valence-electron chi connectivity index (χ4n) is 11.4. The van der Waals surface area contributed by atoms with Gasteiger partial charge in [0.1, 0.15) is 19.3 Å². The average molecular weight is 1370 g/mol. The Hall–Kier alpha value is -1.94. The summed E-state index contributed by atoms with van der Waals surface area (Å²) in [4.78, 5) is 72.4. The van der Waals surface area contributed by atoms with E-state index in [0.29, 0.717) is 31.6 Å². The highest BCUT2D eigenvalue weighted by Gasteiger charge is 2.30. The maximum atomic E-state index is 13.1. The zero-order valence-corrected chi connectivity index (χ0v) is 62.2. The normalized spacial score (nSPS) is 14.0. The van der Waals surface area contributed by atoms with E-state index < -0.39 is 97.5 Å². The first-order chi connectivity index (χ1) is 45.0. The number of carbonyl (C=O) groups excluding carboxylic acids is 4. The lowest BCUT2D eigenvalue weighted by atomic mass is 10.0. The van der Waals surface area contributed by atoms with Crippen molar-refractivity contribution in [3.63, 3.8) is 0 Å². The molecule has 0 fully saturated rings. The van der Waals surface area contributed by atoms with Gasteiger partial charge in [-0.25, -0.2) is 9.13 Å². The molecule has 0 aliphatic rings. The second-order valence-electron chi connectivity index (χ2n) is 27.2. The Kier molecular flexibility index (Phi) is 65.9. The van der Waals surface area contributed by atoms with Crippen molar-refractivity contribution in [3.8, 4) is 0 Å². The molecule has 5 atom stereocenters. The summed E-state index contributed by atoms with van der Waals surface area (Å²) in [5, 5.41) is 10.6. The van der Waals surface area contributed by atoms with Gasteiger partial charge in [0.25, 0.3) is 0 Å². The molecule has 0 heterocycles. The Labute approximate surface area is 568 Å². The summed E-state index contributed by atoms with van der Waals surface area (Å²) >= 11 is 0. The summed E-state index contributed by atoms with van der Waals surface area (Å²) < 4.78 is 68.2. The molecule has 0 bridgehead atoms. The molecule has 0 aliphatic carbocycles. The van der Waals surface area contributed by atoms with Crippen molar-refractivity contribution >= 4 is 39.5 Å². The standard InChI is InChI=1S/C74H144O17P2/c1-6-9-12-15-17-19-21-23-25-27-29-31-33-35-37-39-43-48-53-58-72(77)85-64-70(91-73(78)59-54-49-44-40-38-36-34-32-30-28-26-24-22-20-18-16-13-10-7-2)66-89-93(82,83)87-62-68(75)61-86-92(80,81)88-65-69(63-84-71(76)57-52-46-14-11-8-3)90-74(79)60-55-50-45-41-42-47-51-56-67(4)5/h67-70,75H,6-66H2,1-5H3,(H,80,81)(H,82,83)/t68-,69+,70+/m0/s1. The fourth-order valence-corrected chi connectivity index (χ4v) is 12.9. The van der Waals surface area contributed by atoms with Gasteiger partial charge in [-0.3, -0.25) is 37.3 Å². The van der Waals surface area contributed by atoms with Crippen LogP contribution in [0.2, 0.25) is 0 Å². The molecule has 0 spiro atoms. The fraction of sp³-hybridized carbons (Fsp3) is 0.946. The van der Waals surface area contributed by atoms with Gasteiger partial charge < -0.3 is 33.8 Å². The van der Waals surface area contributed by atoms with Crippen molar-refractivity contribution in [2.45, 2.75) is 406 Å². The van der Waals surface area contributed by atoms with Crippen LogP contribution in [0.5, 0.6) is 0 Å². The first-order valence-electron chi connectivity index (χ1n) is 38.6. The number of ether oxygens (including phenoxy) is 4. The maximum absolute atomic E-state index is 13.1. The number of hydrogen-bond acceptors (Lipinski definition) is 15. The van der Waals surface area contributed by atoms with E-state index in [0.717, 1.165) is 96.3 Å².